The molecule has 0 aliphatic rings. The van der Waals surface area contributed by atoms with Gasteiger partial charge >= 0.3 is 6.09 Å². The lowest BCUT2D eigenvalue weighted by Gasteiger charge is -2.19. The van der Waals surface area contributed by atoms with Crippen LogP contribution in [-0.4, -0.2) is 29.7 Å². The van der Waals surface area contributed by atoms with Crippen LogP contribution in [0.3, 0.4) is 0 Å². The van der Waals surface area contributed by atoms with E-state index < -0.39 is 20.7 Å². The van der Waals surface area contributed by atoms with E-state index in [4.69, 9.17) is 15.4 Å². The maximum Gasteiger partial charge on any atom is 0.419 e. The fraction of sp³-hybridized carbons (Fsp3) is 0.333. The van der Waals surface area contributed by atoms with Gasteiger partial charge in [-0.05, 0) is 32.9 Å². The van der Waals surface area contributed by atoms with Gasteiger partial charge in [0.25, 0.3) is 9.05 Å². The Morgan fingerprint density at radius 2 is 2.05 bits per heavy atom. The second-order valence-corrected chi connectivity index (χ2v) is 7.75. The fourth-order valence-electron chi connectivity index (χ4n) is 1.60. The van der Waals surface area contributed by atoms with Gasteiger partial charge in [0, 0.05) is 23.1 Å². The Bertz CT molecular complexity index is 774. The summed E-state index contributed by atoms with van der Waals surface area (Å²) in [6.07, 6.45) is 2.00. The Morgan fingerprint density at radius 3 is 2.60 bits per heavy atom. The second kappa shape index (κ2) is 4.75. The van der Waals surface area contributed by atoms with E-state index in [0.29, 0.717) is 11.0 Å². The first-order chi connectivity index (χ1) is 9.08. The van der Waals surface area contributed by atoms with Gasteiger partial charge in [0.1, 0.15) is 10.5 Å². The zero-order valence-corrected chi connectivity index (χ0v) is 12.7. The van der Waals surface area contributed by atoms with Crippen LogP contribution in [0, 0.1) is 0 Å². The van der Waals surface area contributed by atoms with Crippen molar-refractivity contribution in [2.75, 3.05) is 0 Å². The van der Waals surface area contributed by atoms with Crippen molar-refractivity contribution in [1.82, 2.24) is 9.55 Å². The molecule has 0 bridgehead atoms. The van der Waals surface area contributed by atoms with Crippen LogP contribution in [-0.2, 0) is 13.8 Å². The molecule has 6 nitrogen and oxygen atoms in total. The minimum atomic E-state index is -3.91. The molecule has 8 heteroatoms. The number of rotatable bonds is 1. The van der Waals surface area contributed by atoms with Crippen LogP contribution in [0.25, 0.3) is 11.0 Å². The number of nitrogens with zero attached hydrogens (tertiary/aromatic N) is 2. The minimum Gasteiger partial charge on any atom is -0.443 e. The summed E-state index contributed by atoms with van der Waals surface area (Å²) in [6, 6.07) is 2.87. The van der Waals surface area contributed by atoms with Gasteiger partial charge < -0.3 is 4.74 Å². The lowest BCUT2D eigenvalue weighted by atomic mass is 10.2. The molecule has 0 aromatic carbocycles. The largest absolute Gasteiger partial charge is 0.443 e. The average Bonchev–Trinajstić information content (AvgIpc) is 2.67. The van der Waals surface area contributed by atoms with Gasteiger partial charge in [-0.1, -0.05) is 0 Å². The summed E-state index contributed by atoms with van der Waals surface area (Å²) in [4.78, 5) is 15.8. The molecule has 0 radical (unpaired) electrons. The Balaban J connectivity index is 2.53. The van der Waals surface area contributed by atoms with Gasteiger partial charge in [0.15, 0.2) is 0 Å². The quantitative estimate of drug-likeness (QED) is 0.756. The summed E-state index contributed by atoms with van der Waals surface area (Å²) in [5, 5.41) is 0. The molecule has 0 atom stereocenters. The van der Waals surface area contributed by atoms with Crippen LogP contribution in [0.15, 0.2) is 29.4 Å². The van der Waals surface area contributed by atoms with Crippen LogP contribution in [0.5, 0.6) is 0 Å². The van der Waals surface area contributed by atoms with Crippen LogP contribution in [0.2, 0.25) is 0 Å². The number of halogens is 1. The molecule has 2 aromatic rings. The minimum absolute atomic E-state index is 0.171. The lowest BCUT2D eigenvalue weighted by molar-refractivity contribution is 0.0544. The molecule has 0 aliphatic carbocycles. The number of fused-ring (bicyclic) bond motifs is 1. The van der Waals surface area contributed by atoms with Crippen molar-refractivity contribution in [1.29, 1.82) is 0 Å². The molecule has 0 amide bonds. The van der Waals surface area contributed by atoms with E-state index in [0.717, 1.165) is 6.20 Å². The standard InChI is InChI=1S/C12H13ClN2O4S/c1-12(2,3)19-11(16)15-5-4-9-10(15)6-8(7-14-9)20(13,17)18/h4-7H,1-3H3. The predicted molar refractivity (Wildman–Crippen MR) is 74.4 cm³/mol. The molecule has 0 saturated heterocycles. The summed E-state index contributed by atoms with van der Waals surface area (Å²) in [7, 11) is 1.37. The molecular formula is C12H13ClN2O4S. The maximum absolute atomic E-state index is 12.0. The Kier molecular flexibility index (Phi) is 3.51. The SMILES string of the molecule is CC(C)(C)OC(=O)n1ccc2ncc(S(=O)(=O)Cl)cc21. The van der Waals surface area contributed by atoms with Crippen molar-refractivity contribution >= 4 is 36.9 Å². The highest BCUT2D eigenvalue weighted by molar-refractivity contribution is 8.13. The number of carbonyl (C=O) groups is 1. The first-order valence-corrected chi connectivity index (χ1v) is 8.04. The summed E-state index contributed by atoms with van der Waals surface area (Å²) in [5.41, 5.74) is 0.137. The van der Waals surface area contributed by atoms with E-state index in [1.165, 1.54) is 16.8 Å². The van der Waals surface area contributed by atoms with Gasteiger partial charge in [-0.15, -0.1) is 0 Å². The molecule has 0 saturated carbocycles. The van der Waals surface area contributed by atoms with E-state index in [-0.39, 0.29) is 4.90 Å². The van der Waals surface area contributed by atoms with Crippen LogP contribution in [0.4, 0.5) is 4.79 Å². The Hall–Kier alpha value is -1.60. The zero-order chi connectivity index (χ0) is 15.1. The Labute approximate surface area is 120 Å². The molecule has 2 rings (SSSR count). The van der Waals surface area contributed by atoms with Crippen molar-refractivity contribution in [2.45, 2.75) is 31.3 Å². The first kappa shape index (κ1) is 14.8. The van der Waals surface area contributed by atoms with E-state index in [2.05, 4.69) is 4.98 Å². The highest BCUT2D eigenvalue weighted by Gasteiger charge is 2.20. The summed E-state index contributed by atoms with van der Waals surface area (Å²) in [6.45, 7) is 5.22. The molecule has 0 aliphatic heterocycles. The first-order valence-electron chi connectivity index (χ1n) is 5.73. The number of aromatic nitrogens is 2. The van der Waals surface area contributed by atoms with Gasteiger partial charge in [0.2, 0.25) is 0 Å². The fourth-order valence-corrected chi connectivity index (χ4v) is 2.28. The van der Waals surface area contributed by atoms with Crippen LogP contribution >= 0.6 is 10.7 Å². The molecule has 0 unspecified atom stereocenters. The van der Waals surface area contributed by atoms with Gasteiger partial charge in [-0.25, -0.2) is 13.2 Å². The molecule has 108 valence electrons. The number of pyridine rings is 1. The molecule has 0 spiro atoms. The van der Waals surface area contributed by atoms with E-state index in [1.807, 2.05) is 0 Å². The highest BCUT2D eigenvalue weighted by Crippen LogP contribution is 2.21. The third kappa shape index (κ3) is 3.10. The summed E-state index contributed by atoms with van der Waals surface area (Å²) >= 11 is 0. The molecule has 0 N–H and O–H groups in total. The highest BCUT2D eigenvalue weighted by atomic mass is 35.7. The third-order valence-corrected chi connectivity index (χ3v) is 3.71. The van der Waals surface area contributed by atoms with Crippen LogP contribution < -0.4 is 0 Å². The maximum atomic E-state index is 12.0. The summed E-state index contributed by atoms with van der Waals surface area (Å²) < 4.78 is 29.0. The molecule has 0 fully saturated rings. The summed E-state index contributed by atoms with van der Waals surface area (Å²) in [5.74, 6) is 0. The number of ether oxygens (including phenoxy) is 1. The van der Waals surface area contributed by atoms with Crippen molar-refractivity contribution in [2.24, 2.45) is 0 Å². The molecule has 20 heavy (non-hydrogen) atoms. The van der Waals surface area contributed by atoms with Gasteiger partial charge in [-0.3, -0.25) is 9.55 Å². The number of hydrogen-bond donors (Lipinski definition) is 0. The number of carbonyl (C=O) groups excluding carboxylic acids is 1. The average molecular weight is 317 g/mol. The lowest BCUT2D eigenvalue weighted by Crippen LogP contribution is -2.26. The molecular weight excluding hydrogens is 304 g/mol. The zero-order valence-electron chi connectivity index (χ0n) is 11.1. The van der Waals surface area contributed by atoms with Crippen molar-refractivity contribution in [3.05, 3.63) is 24.5 Å². The second-order valence-electron chi connectivity index (χ2n) is 5.18. The van der Waals surface area contributed by atoms with Gasteiger partial charge in [0.05, 0.1) is 11.0 Å². The Morgan fingerprint density at radius 1 is 1.40 bits per heavy atom. The topological polar surface area (TPSA) is 78.3 Å². The van der Waals surface area contributed by atoms with Gasteiger partial charge in [-0.2, -0.15) is 0 Å². The molecule has 2 aromatic heterocycles. The monoisotopic (exact) mass is 316 g/mol. The normalized spacial score (nSPS) is 12.6. The molecule has 2 heterocycles. The smallest absolute Gasteiger partial charge is 0.419 e. The van der Waals surface area contributed by atoms with Crippen molar-refractivity contribution < 1.29 is 17.9 Å². The van der Waals surface area contributed by atoms with Crippen molar-refractivity contribution in [3.8, 4) is 0 Å². The van der Waals surface area contributed by atoms with Crippen molar-refractivity contribution in [3.63, 3.8) is 0 Å². The van der Waals surface area contributed by atoms with E-state index >= 15 is 0 Å². The third-order valence-electron chi connectivity index (χ3n) is 2.39. The number of hydrogen-bond acceptors (Lipinski definition) is 5. The predicted octanol–water partition coefficient (Wildman–Crippen LogP) is 2.75. The van der Waals surface area contributed by atoms with Crippen LogP contribution in [0.1, 0.15) is 20.8 Å². The van der Waals surface area contributed by atoms with E-state index in [1.54, 1.807) is 26.8 Å². The van der Waals surface area contributed by atoms with E-state index in [9.17, 15) is 13.2 Å².